The largest absolute Gasteiger partial charge is 0.359 e. The minimum Gasteiger partial charge on any atom is -0.359 e. The van der Waals surface area contributed by atoms with Gasteiger partial charge in [0, 0.05) is 19.6 Å². The molecule has 0 spiro atoms. The molecule has 0 saturated carbocycles. The molecule has 1 aromatic rings. The average Bonchev–Trinajstić information content (AvgIpc) is 2.45. The van der Waals surface area contributed by atoms with Gasteiger partial charge in [0.25, 0.3) is 0 Å². The highest BCUT2D eigenvalue weighted by molar-refractivity contribution is 7.91. The molecule has 116 valence electrons. The van der Waals surface area contributed by atoms with E-state index in [-0.39, 0.29) is 17.7 Å². The molecule has 6 heteroatoms. The summed E-state index contributed by atoms with van der Waals surface area (Å²) in [4.78, 5) is 12.2. The molecule has 21 heavy (non-hydrogen) atoms. The first-order valence-corrected chi connectivity index (χ1v) is 8.70. The number of sulfone groups is 1. The van der Waals surface area contributed by atoms with E-state index >= 15 is 0 Å². The lowest BCUT2D eigenvalue weighted by Crippen LogP contribution is -2.43. The molecule has 1 atom stereocenters. The van der Waals surface area contributed by atoms with Crippen LogP contribution in [0.25, 0.3) is 0 Å². The standard InChI is InChI=1S/C15H22N2O3S/c1-15(2,14(18)16-3)10-17-12-8-9-21(19,20)13-7-5-4-6-11(12)13/h4-7,12,17H,8-10H2,1-3H3,(H,16,18). The van der Waals surface area contributed by atoms with E-state index in [0.29, 0.717) is 17.9 Å². The second-order valence-corrected chi connectivity index (χ2v) is 8.12. The van der Waals surface area contributed by atoms with Crippen LogP contribution in [0.4, 0.5) is 0 Å². The summed E-state index contributed by atoms with van der Waals surface area (Å²) < 4.78 is 24.2. The van der Waals surface area contributed by atoms with Crippen LogP contribution in [-0.4, -0.2) is 33.7 Å². The molecule has 0 bridgehead atoms. The first-order chi connectivity index (χ1) is 9.78. The Morgan fingerprint density at radius 1 is 1.33 bits per heavy atom. The third-order valence-corrected chi connectivity index (χ3v) is 5.75. The normalized spacial score (nSPS) is 20.6. The molecular formula is C15H22N2O3S. The van der Waals surface area contributed by atoms with Gasteiger partial charge in [0.2, 0.25) is 5.91 Å². The number of rotatable bonds is 4. The Bertz CT molecular complexity index is 638. The summed E-state index contributed by atoms with van der Waals surface area (Å²) in [5.74, 6) is 0.106. The summed E-state index contributed by atoms with van der Waals surface area (Å²) in [6.07, 6.45) is 0.531. The molecule has 2 N–H and O–H groups in total. The Hall–Kier alpha value is -1.40. The first kappa shape index (κ1) is 16.0. The number of amides is 1. The smallest absolute Gasteiger partial charge is 0.226 e. The zero-order valence-electron chi connectivity index (χ0n) is 12.6. The van der Waals surface area contributed by atoms with Crippen LogP contribution in [0.3, 0.4) is 0 Å². The zero-order valence-corrected chi connectivity index (χ0v) is 13.5. The van der Waals surface area contributed by atoms with Crippen LogP contribution in [0.2, 0.25) is 0 Å². The molecule has 1 amide bonds. The Balaban J connectivity index is 2.18. The summed E-state index contributed by atoms with van der Waals surface area (Å²) in [6.45, 7) is 4.22. The minimum atomic E-state index is -3.17. The van der Waals surface area contributed by atoms with Gasteiger partial charge in [-0.25, -0.2) is 8.42 Å². The van der Waals surface area contributed by atoms with E-state index in [4.69, 9.17) is 0 Å². The highest BCUT2D eigenvalue weighted by Crippen LogP contribution is 2.32. The summed E-state index contributed by atoms with van der Waals surface area (Å²) in [5, 5.41) is 6.00. The van der Waals surface area contributed by atoms with E-state index in [0.717, 1.165) is 5.56 Å². The highest BCUT2D eigenvalue weighted by atomic mass is 32.2. The van der Waals surface area contributed by atoms with Crippen molar-refractivity contribution in [2.45, 2.75) is 31.2 Å². The molecule has 0 saturated heterocycles. The molecule has 0 radical (unpaired) electrons. The maximum atomic E-state index is 12.1. The van der Waals surface area contributed by atoms with Crippen molar-refractivity contribution in [1.82, 2.24) is 10.6 Å². The number of benzene rings is 1. The minimum absolute atomic E-state index is 0.0337. The fraction of sp³-hybridized carbons (Fsp3) is 0.533. The number of carbonyl (C=O) groups excluding carboxylic acids is 1. The Labute approximate surface area is 126 Å². The molecule has 1 aliphatic heterocycles. The van der Waals surface area contributed by atoms with Crippen molar-refractivity contribution < 1.29 is 13.2 Å². The highest BCUT2D eigenvalue weighted by Gasteiger charge is 2.32. The molecule has 0 aromatic heterocycles. The van der Waals surface area contributed by atoms with Gasteiger partial charge in [-0.3, -0.25) is 4.79 Å². The summed E-state index contributed by atoms with van der Waals surface area (Å²) in [6, 6.07) is 7.05. The quantitative estimate of drug-likeness (QED) is 0.878. The van der Waals surface area contributed by atoms with Crippen molar-refractivity contribution in [2.24, 2.45) is 5.41 Å². The van der Waals surface area contributed by atoms with E-state index in [9.17, 15) is 13.2 Å². The molecule has 1 aliphatic rings. The lowest BCUT2D eigenvalue weighted by Gasteiger charge is -2.30. The maximum absolute atomic E-state index is 12.1. The van der Waals surface area contributed by atoms with Crippen molar-refractivity contribution in [1.29, 1.82) is 0 Å². The molecule has 0 fully saturated rings. The number of nitrogens with one attached hydrogen (secondary N) is 2. The van der Waals surface area contributed by atoms with Gasteiger partial charge in [-0.15, -0.1) is 0 Å². The van der Waals surface area contributed by atoms with Gasteiger partial charge in [-0.05, 0) is 31.9 Å². The Morgan fingerprint density at radius 3 is 2.67 bits per heavy atom. The third-order valence-electron chi connectivity index (χ3n) is 3.94. The number of hydrogen-bond donors (Lipinski definition) is 2. The fourth-order valence-corrected chi connectivity index (χ4v) is 4.22. The van der Waals surface area contributed by atoms with E-state index in [1.807, 2.05) is 26.0 Å². The second-order valence-electron chi connectivity index (χ2n) is 6.04. The monoisotopic (exact) mass is 310 g/mol. The van der Waals surface area contributed by atoms with Crippen LogP contribution < -0.4 is 10.6 Å². The number of carbonyl (C=O) groups is 1. The molecule has 5 nitrogen and oxygen atoms in total. The SMILES string of the molecule is CNC(=O)C(C)(C)CNC1CCS(=O)(=O)c2ccccc21. The van der Waals surface area contributed by atoms with Crippen LogP contribution in [0, 0.1) is 5.41 Å². The van der Waals surface area contributed by atoms with Crippen molar-refractivity contribution >= 4 is 15.7 Å². The van der Waals surface area contributed by atoms with Crippen LogP contribution in [-0.2, 0) is 14.6 Å². The van der Waals surface area contributed by atoms with Crippen LogP contribution in [0.15, 0.2) is 29.2 Å². The van der Waals surface area contributed by atoms with Gasteiger partial charge < -0.3 is 10.6 Å². The molecule has 0 aliphatic carbocycles. The van der Waals surface area contributed by atoms with Gasteiger partial charge in [-0.1, -0.05) is 18.2 Å². The third kappa shape index (κ3) is 3.27. The van der Waals surface area contributed by atoms with Gasteiger partial charge in [0.1, 0.15) is 0 Å². The van der Waals surface area contributed by atoms with Gasteiger partial charge in [0.15, 0.2) is 9.84 Å². The van der Waals surface area contributed by atoms with E-state index in [1.54, 1.807) is 19.2 Å². The van der Waals surface area contributed by atoms with E-state index in [1.165, 1.54) is 0 Å². The van der Waals surface area contributed by atoms with Crippen molar-refractivity contribution in [3.63, 3.8) is 0 Å². The van der Waals surface area contributed by atoms with Gasteiger partial charge in [-0.2, -0.15) is 0 Å². The van der Waals surface area contributed by atoms with Gasteiger partial charge >= 0.3 is 0 Å². The Kier molecular flexibility index (Phi) is 4.39. The molecule has 1 heterocycles. The van der Waals surface area contributed by atoms with Gasteiger partial charge in [0.05, 0.1) is 16.1 Å². The zero-order chi connectivity index (χ0) is 15.7. The van der Waals surface area contributed by atoms with E-state index in [2.05, 4.69) is 10.6 Å². The predicted octanol–water partition coefficient (Wildman–Crippen LogP) is 1.27. The van der Waals surface area contributed by atoms with Crippen molar-refractivity contribution in [3.05, 3.63) is 29.8 Å². The average molecular weight is 310 g/mol. The van der Waals surface area contributed by atoms with Crippen LogP contribution in [0.5, 0.6) is 0 Å². The number of hydrogen-bond acceptors (Lipinski definition) is 4. The molecule has 1 unspecified atom stereocenters. The maximum Gasteiger partial charge on any atom is 0.226 e. The Morgan fingerprint density at radius 2 is 2.00 bits per heavy atom. The molecule has 2 rings (SSSR count). The molecule has 1 aromatic carbocycles. The van der Waals surface area contributed by atoms with E-state index < -0.39 is 15.3 Å². The molecular weight excluding hydrogens is 288 g/mol. The summed E-state index contributed by atoms with van der Waals surface area (Å²) in [5.41, 5.74) is 0.261. The first-order valence-electron chi connectivity index (χ1n) is 7.05. The lowest BCUT2D eigenvalue weighted by molar-refractivity contribution is -0.128. The summed E-state index contributed by atoms with van der Waals surface area (Å²) >= 11 is 0. The lowest BCUT2D eigenvalue weighted by atomic mass is 9.91. The topological polar surface area (TPSA) is 75.3 Å². The van der Waals surface area contributed by atoms with Crippen LogP contribution in [0.1, 0.15) is 31.9 Å². The predicted molar refractivity (Wildman–Crippen MR) is 81.7 cm³/mol. The van der Waals surface area contributed by atoms with Crippen molar-refractivity contribution in [2.75, 3.05) is 19.3 Å². The summed E-state index contributed by atoms with van der Waals surface area (Å²) in [7, 11) is -1.55. The van der Waals surface area contributed by atoms with Crippen LogP contribution >= 0.6 is 0 Å². The van der Waals surface area contributed by atoms with Crippen molar-refractivity contribution in [3.8, 4) is 0 Å². The fourth-order valence-electron chi connectivity index (χ4n) is 2.60. The second kappa shape index (κ2) is 5.77. The number of fused-ring (bicyclic) bond motifs is 1.